The summed E-state index contributed by atoms with van der Waals surface area (Å²) in [4.78, 5) is 8.17. The van der Waals surface area contributed by atoms with Crippen LogP contribution in [0.15, 0.2) is 30.5 Å². The van der Waals surface area contributed by atoms with Gasteiger partial charge in [0.1, 0.15) is 5.75 Å². The monoisotopic (exact) mass is 248 g/mol. The van der Waals surface area contributed by atoms with Crippen LogP contribution in [0.1, 0.15) is 12.5 Å². The minimum atomic E-state index is 0.263. The summed E-state index contributed by atoms with van der Waals surface area (Å²) in [5.41, 5.74) is 2.86. The number of aryl methyl sites for hydroxylation is 1. The third-order valence-electron chi connectivity index (χ3n) is 2.38. The van der Waals surface area contributed by atoms with Crippen molar-refractivity contribution < 1.29 is 4.74 Å². The van der Waals surface area contributed by atoms with Crippen molar-refractivity contribution >= 4 is 11.6 Å². The van der Waals surface area contributed by atoms with E-state index in [-0.39, 0.29) is 5.28 Å². The molecule has 1 aromatic carbocycles. The molecule has 4 heteroatoms. The van der Waals surface area contributed by atoms with Gasteiger partial charge in [-0.3, -0.25) is 0 Å². The van der Waals surface area contributed by atoms with Gasteiger partial charge in [0.2, 0.25) is 5.28 Å². The van der Waals surface area contributed by atoms with E-state index in [0.29, 0.717) is 6.61 Å². The maximum Gasteiger partial charge on any atom is 0.222 e. The van der Waals surface area contributed by atoms with Crippen molar-refractivity contribution in [1.29, 1.82) is 0 Å². The number of hydrogen-bond acceptors (Lipinski definition) is 3. The zero-order valence-electron chi connectivity index (χ0n) is 9.77. The first kappa shape index (κ1) is 11.9. The highest BCUT2D eigenvalue weighted by molar-refractivity contribution is 6.28. The van der Waals surface area contributed by atoms with Crippen molar-refractivity contribution in [3.63, 3.8) is 0 Å². The summed E-state index contributed by atoms with van der Waals surface area (Å²) in [7, 11) is 0. The molecule has 0 fully saturated rings. The van der Waals surface area contributed by atoms with Gasteiger partial charge in [-0.25, -0.2) is 9.97 Å². The van der Waals surface area contributed by atoms with E-state index in [1.165, 1.54) is 0 Å². The van der Waals surface area contributed by atoms with Crippen LogP contribution in [0.2, 0.25) is 5.28 Å². The minimum Gasteiger partial charge on any atom is -0.494 e. The molecular weight excluding hydrogens is 236 g/mol. The van der Waals surface area contributed by atoms with Gasteiger partial charge < -0.3 is 4.74 Å². The van der Waals surface area contributed by atoms with E-state index < -0.39 is 0 Å². The predicted octanol–water partition coefficient (Wildman–Crippen LogP) is 3.50. The Bertz CT molecular complexity index is 511. The summed E-state index contributed by atoms with van der Waals surface area (Å²) in [6, 6.07) is 7.79. The van der Waals surface area contributed by atoms with E-state index in [0.717, 1.165) is 22.6 Å². The molecule has 0 N–H and O–H groups in total. The number of aromatic nitrogens is 2. The second kappa shape index (κ2) is 5.15. The van der Waals surface area contributed by atoms with Crippen LogP contribution in [0.3, 0.4) is 0 Å². The predicted molar refractivity (Wildman–Crippen MR) is 68.4 cm³/mol. The summed E-state index contributed by atoms with van der Waals surface area (Å²) in [5, 5.41) is 0.263. The summed E-state index contributed by atoms with van der Waals surface area (Å²) in [6.07, 6.45) is 1.72. The lowest BCUT2D eigenvalue weighted by Crippen LogP contribution is -1.93. The van der Waals surface area contributed by atoms with Gasteiger partial charge in [0.05, 0.1) is 12.3 Å². The number of nitrogens with zero attached hydrogens (tertiary/aromatic N) is 2. The largest absolute Gasteiger partial charge is 0.494 e. The fourth-order valence-electron chi connectivity index (χ4n) is 1.59. The van der Waals surface area contributed by atoms with E-state index in [2.05, 4.69) is 9.97 Å². The highest BCUT2D eigenvalue weighted by Crippen LogP contribution is 2.24. The Kier molecular flexibility index (Phi) is 3.59. The van der Waals surface area contributed by atoms with Crippen LogP contribution in [0, 0.1) is 6.92 Å². The second-order valence-corrected chi connectivity index (χ2v) is 3.97. The van der Waals surface area contributed by atoms with Crippen LogP contribution in [0.5, 0.6) is 5.75 Å². The minimum absolute atomic E-state index is 0.263. The molecule has 1 heterocycles. The quantitative estimate of drug-likeness (QED) is 0.780. The molecule has 1 aromatic heterocycles. The first-order valence-corrected chi connectivity index (χ1v) is 5.81. The van der Waals surface area contributed by atoms with Gasteiger partial charge in [0.15, 0.2) is 0 Å². The molecule has 0 saturated carbocycles. The molecule has 2 rings (SSSR count). The normalized spacial score (nSPS) is 10.3. The Morgan fingerprint density at radius 3 is 2.59 bits per heavy atom. The molecule has 3 nitrogen and oxygen atoms in total. The van der Waals surface area contributed by atoms with Crippen molar-refractivity contribution in [3.05, 3.63) is 41.3 Å². The van der Waals surface area contributed by atoms with Crippen LogP contribution >= 0.6 is 11.6 Å². The number of benzene rings is 1. The SMILES string of the molecule is CCOc1ccc(-c2nc(Cl)ncc2C)cc1. The first-order chi connectivity index (χ1) is 8.20. The van der Waals surface area contributed by atoms with Gasteiger partial charge in [-0.1, -0.05) is 0 Å². The first-order valence-electron chi connectivity index (χ1n) is 5.43. The number of rotatable bonds is 3. The Morgan fingerprint density at radius 2 is 1.94 bits per heavy atom. The van der Waals surface area contributed by atoms with Crippen molar-refractivity contribution in [2.45, 2.75) is 13.8 Å². The lowest BCUT2D eigenvalue weighted by Gasteiger charge is -2.06. The average Bonchev–Trinajstić information content (AvgIpc) is 2.34. The summed E-state index contributed by atoms with van der Waals surface area (Å²) in [5.74, 6) is 0.856. The van der Waals surface area contributed by atoms with Gasteiger partial charge in [-0.2, -0.15) is 0 Å². The van der Waals surface area contributed by atoms with Crippen LogP contribution in [-0.2, 0) is 0 Å². The van der Waals surface area contributed by atoms with Crippen molar-refractivity contribution in [3.8, 4) is 17.0 Å². The van der Waals surface area contributed by atoms with E-state index in [1.54, 1.807) is 6.20 Å². The Labute approximate surface area is 105 Å². The number of halogens is 1. The van der Waals surface area contributed by atoms with E-state index >= 15 is 0 Å². The van der Waals surface area contributed by atoms with Gasteiger partial charge in [0.25, 0.3) is 0 Å². The third kappa shape index (κ3) is 2.74. The highest BCUT2D eigenvalue weighted by atomic mass is 35.5. The van der Waals surface area contributed by atoms with Crippen LogP contribution in [0.4, 0.5) is 0 Å². The zero-order valence-corrected chi connectivity index (χ0v) is 10.5. The summed E-state index contributed by atoms with van der Waals surface area (Å²) in [6.45, 7) is 4.59. The molecule has 0 aliphatic carbocycles. The Morgan fingerprint density at radius 1 is 1.24 bits per heavy atom. The lowest BCUT2D eigenvalue weighted by atomic mass is 10.1. The number of ether oxygens (including phenoxy) is 1. The second-order valence-electron chi connectivity index (χ2n) is 3.63. The van der Waals surface area contributed by atoms with Crippen molar-refractivity contribution in [1.82, 2.24) is 9.97 Å². The average molecular weight is 249 g/mol. The molecule has 0 unspecified atom stereocenters. The molecule has 0 aliphatic rings. The molecule has 0 spiro atoms. The maximum absolute atomic E-state index is 5.80. The topological polar surface area (TPSA) is 35.0 Å². The van der Waals surface area contributed by atoms with Gasteiger partial charge >= 0.3 is 0 Å². The van der Waals surface area contributed by atoms with Crippen LogP contribution in [-0.4, -0.2) is 16.6 Å². The zero-order chi connectivity index (χ0) is 12.3. The van der Waals surface area contributed by atoms with Crippen LogP contribution in [0.25, 0.3) is 11.3 Å². The molecule has 0 radical (unpaired) electrons. The number of hydrogen-bond donors (Lipinski definition) is 0. The summed E-state index contributed by atoms with van der Waals surface area (Å²) >= 11 is 5.80. The van der Waals surface area contributed by atoms with E-state index in [4.69, 9.17) is 16.3 Å². The molecule has 0 amide bonds. The van der Waals surface area contributed by atoms with Gasteiger partial charge in [-0.15, -0.1) is 0 Å². The fourth-order valence-corrected chi connectivity index (χ4v) is 1.72. The molecular formula is C13H13ClN2O. The van der Waals surface area contributed by atoms with Gasteiger partial charge in [0, 0.05) is 11.8 Å². The molecule has 0 bridgehead atoms. The highest BCUT2D eigenvalue weighted by Gasteiger charge is 2.05. The van der Waals surface area contributed by atoms with Crippen molar-refractivity contribution in [2.24, 2.45) is 0 Å². The molecule has 0 aliphatic heterocycles. The maximum atomic E-state index is 5.80. The van der Waals surface area contributed by atoms with E-state index in [1.807, 2.05) is 38.1 Å². The fraction of sp³-hybridized carbons (Fsp3) is 0.231. The lowest BCUT2D eigenvalue weighted by molar-refractivity contribution is 0.340. The Balaban J connectivity index is 2.36. The third-order valence-corrected chi connectivity index (χ3v) is 2.56. The standard InChI is InChI=1S/C13H13ClN2O/c1-3-17-11-6-4-10(5-7-11)12-9(2)8-15-13(14)16-12/h4-8H,3H2,1-2H3. The van der Waals surface area contributed by atoms with Crippen molar-refractivity contribution in [2.75, 3.05) is 6.61 Å². The molecule has 0 atom stereocenters. The van der Waals surface area contributed by atoms with Gasteiger partial charge in [-0.05, 0) is 55.3 Å². The van der Waals surface area contributed by atoms with E-state index in [9.17, 15) is 0 Å². The molecule has 88 valence electrons. The molecule has 17 heavy (non-hydrogen) atoms. The summed E-state index contributed by atoms with van der Waals surface area (Å²) < 4.78 is 5.39. The van der Waals surface area contributed by atoms with Crippen LogP contribution < -0.4 is 4.74 Å². The smallest absolute Gasteiger partial charge is 0.222 e. The Hall–Kier alpha value is -1.61. The molecule has 2 aromatic rings. The molecule has 0 saturated heterocycles.